The Hall–Kier alpha value is -2.80. The van der Waals surface area contributed by atoms with Crippen LogP contribution < -0.4 is 0 Å². The third-order valence-corrected chi connectivity index (χ3v) is 4.84. The molecule has 3 aromatic rings. The van der Waals surface area contributed by atoms with Gasteiger partial charge in [-0.15, -0.1) is 10.2 Å². The van der Waals surface area contributed by atoms with E-state index in [2.05, 4.69) is 26.5 Å². The lowest BCUT2D eigenvalue weighted by Gasteiger charge is -2.05. The number of aryl methyl sites for hydroxylation is 1. The van der Waals surface area contributed by atoms with Gasteiger partial charge in [0.2, 0.25) is 5.82 Å². The van der Waals surface area contributed by atoms with Crippen LogP contribution in [0.1, 0.15) is 51.5 Å². The van der Waals surface area contributed by atoms with E-state index in [4.69, 9.17) is 5.11 Å². The number of aromatic nitrogens is 5. The quantitative estimate of drug-likeness (QED) is 0.665. The predicted molar refractivity (Wildman–Crippen MR) is 96.0 cm³/mol. The minimum Gasteiger partial charge on any atom is -0.394 e. The molecule has 1 saturated carbocycles. The largest absolute Gasteiger partial charge is 0.394 e. The number of hydrogen-bond acceptors (Lipinski definition) is 5. The van der Waals surface area contributed by atoms with Gasteiger partial charge in [-0.2, -0.15) is 4.80 Å². The maximum Gasteiger partial charge on any atom is 0.221 e. The molecule has 0 spiro atoms. The summed E-state index contributed by atoms with van der Waals surface area (Å²) >= 11 is 0. The third kappa shape index (κ3) is 2.94. The molecule has 1 aromatic carbocycles. The van der Waals surface area contributed by atoms with Crippen LogP contribution in [-0.2, 0) is 6.54 Å². The highest BCUT2D eigenvalue weighted by molar-refractivity contribution is 6.11. The first-order valence-corrected chi connectivity index (χ1v) is 8.81. The number of aliphatic hydroxyl groups is 1. The second kappa shape index (κ2) is 6.49. The molecular weight excluding hydrogens is 330 g/mol. The Bertz CT molecular complexity index is 968. The van der Waals surface area contributed by atoms with Crippen LogP contribution in [0.2, 0.25) is 0 Å². The van der Waals surface area contributed by atoms with Crippen molar-refractivity contribution in [2.24, 2.45) is 0 Å². The van der Waals surface area contributed by atoms with Crippen molar-refractivity contribution >= 4 is 5.78 Å². The second-order valence-corrected chi connectivity index (χ2v) is 6.79. The lowest BCUT2D eigenvalue weighted by molar-refractivity contribution is 0.103. The molecule has 2 aromatic heterocycles. The van der Waals surface area contributed by atoms with Gasteiger partial charge in [-0.3, -0.25) is 4.79 Å². The van der Waals surface area contributed by atoms with Crippen molar-refractivity contribution in [2.75, 3.05) is 6.61 Å². The van der Waals surface area contributed by atoms with E-state index in [9.17, 15) is 4.79 Å². The van der Waals surface area contributed by atoms with E-state index < -0.39 is 0 Å². The standard InChI is InChI=1S/C19H21N5O2/c1-11-16(18(26)15-5-3-4-14(10-15)13-6-7-13)12(2)20-17(11)19-21-23-24(22-19)8-9-25/h3-5,10,13,20,25H,6-9H2,1-2H3. The van der Waals surface area contributed by atoms with E-state index in [1.807, 2.05) is 32.0 Å². The molecule has 1 fully saturated rings. The van der Waals surface area contributed by atoms with E-state index in [0.29, 0.717) is 28.6 Å². The first-order chi connectivity index (χ1) is 12.6. The number of ketones is 1. The van der Waals surface area contributed by atoms with Crippen molar-refractivity contribution in [1.29, 1.82) is 0 Å². The number of carbonyl (C=O) groups is 1. The highest BCUT2D eigenvalue weighted by atomic mass is 16.3. The summed E-state index contributed by atoms with van der Waals surface area (Å²) in [5.74, 6) is 1.04. The first-order valence-electron chi connectivity index (χ1n) is 8.81. The summed E-state index contributed by atoms with van der Waals surface area (Å²) in [6.07, 6.45) is 2.42. The number of nitrogens with zero attached hydrogens (tertiary/aromatic N) is 4. The van der Waals surface area contributed by atoms with Crippen LogP contribution in [0.15, 0.2) is 24.3 Å². The zero-order valence-electron chi connectivity index (χ0n) is 14.9. The monoisotopic (exact) mass is 351 g/mol. The topological polar surface area (TPSA) is 96.7 Å². The Kier molecular flexibility index (Phi) is 4.16. The van der Waals surface area contributed by atoms with Crippen LogP contribution in [0.3, 0.4) is 0 Å². The molecule has 7 heteroatoms. The van der Waals surface area contributed by atoms with Crippen molar-refractivity contribution in [1.82, 2.24) is 25.2 Å². The number of nitrogens with one attached hydrogen (secondary N) is 1. The van der Waals surface area contributed by atoms with Gasteiger partial charge in [-0.1, -0.05) is 18.2 Å². The first kappa shape index (κ1) is 16.7. The van der Waals surface area contributed by atoms with E-state index in [0.717, 1.165) is 11.3 Å². The van der Waals surface area contributed by atoms with Crippen LogP contribution in [0.4, 0.5) is 0 Å². The molecule has 7 nitrogen and oxygen atoms in total. The van der Waals surface area contributed by atoms with Gasteiger partial charge < -0.3 is 10.1 Å². The Morgan fingerprint density at radius 2 is 2.15 bits per heavy atom. The van der Waals surface area contributed by atoms with Gasteiger partial charge in [0.1, 0.15) is 0 Å². The summed E-state index contributed by atoms with van der Waals surface area (Å²) in [4.78, 5) is 17.7. The molecule has 1 aliphatic rings. The Labute approximate surface area is 151 Å². The van der Waals surface area contributed by atoms with Crippen molar-refractivity contribution in [3.63, 3.8) is 0 Å². The SMILES string of the molecule is Cc1[nH]c(-c2nnn(CCO)n2)c(C)c1C(=O)c1cccc(C2CC2)c1. The maximum atomic E-state index is 13.1. The molecule has 134 valence electrons. The summed E-state index contributed by atoms with van der Waals surface area (Å²) in [5, 5.41) is 21.2. The molecule has 2 heterocycles. The van der Waals surface area contributed by atoms with E-state index in [1.54, 1.807) is 0 Å². The van der Waals surface area contributed by atoms with Crippen LogP contribution in [0, 0.1) is 13.8 Å². The smallest absolute Gasteiger partial charge is 0.221 e. The third-order valence-electron chi connectivity index (χ3n) is 4.84. The lowest BCUT2D eigenvalue weighted by Crippen LogP contribution is -2.05. The van der Waals surface area contributed by atoms with Gasteiger partial charge in [0.15, 0.2) is 5.78 Å². The summed E-state index contributed by atoms with van der Waals surface area (Å²) < 4.78 is 0. The van der Waals surface area contributed by atoms with Crippen molar-refractivity contribution < 1.29 is 9.90 Å². The Morgan fingerprint density at radius 3 is 2.88 bits per heavy atom. The number of carbonyl (C=O) groups excluding carboxylic acids is 1. The summed E-state index contributed by atoms with van der Waals surface area (Å²) in [6.45, 7) is 4.00. The highest BCUT2D eigenvalue weighted by Gasteiger charge is 2.26. The highest BCUT2D eigenvalue weighted by Crippen LogP contribution is 2.40. The lowest BCUT2D eigenvalue weighted by atomic mass is 9.97. The fraction of sp³-hybridized carbons (Fsp3) is 0.368. The maximum absolute atomic E-state index is 13.1. The summed E-state index contributed by atoms with van der Waals surface area (Å²) in [6, 6.07) is 7.94. The number of benzene rings is 1. The molecule has 0 bridgehead atoms. The number of tetrazole rings is 1. The predicted octanol–water partition coefficient (Wildman–Crippen LogP) is 2.39. The Morgan fingerprint density at radius 1 is 1.35 bits per heavy atom. The van der Waals surface area contributed by atoms with Gasteiger partial charge in [0.25, 0.3) is 0 Å². The number of aliphatic hydroxyl groups excluding tert-OH is 1. The number of aromatic amines is 1. The van der Waals surface area contributed by atoms with Gasteiger partial charge in [0, 0.05) is 16.8 Å². The molecule has 0 radical (unpaired) electrons. The van der Waals surface area contributed by atoms with Crippen molar-refractivity contribution in [3.8, 4) is 11.5 Å². The van der Waals surface area contributed by atoms with Gasteiger partial charge in [-0.05, 0) is 55.0 Å². The number of hydrogen-bond donors (Lipinski definition) is 2. The van der Waals surface area contributed by atoms with E-state index in [1.165, 1.54) is 23.2 Å². The molecule has 0 unspecified atom stereocenters. The molecule has 26 heavy (non-hydrogen) atoms. The van der Waals surface area contributed by atoms with Gasteiger partial charge in [-0.25, -0.2) is 0 Å². The number of H-pyrrole nitrogens is 1. The number of rotatable bonds is 6. The normalized spacial score (nSPS) is 14.0. The molecule has 1 aliphatic carbocycles. The summed E-state index contributed by atoms with van der Waals surface area (Å²) in [7, 11) is 0. The van der Waals surface area contributed by atoms with Gasteiger partial charge in [0.05, 0.1) is 18.8 Å². The average Bonchev–Trinajstić information content (AvgIpc) is 3.32. The minimum absolute atomic E-state index is 0.00718. The van der Waals surface area contributed by atoms with Crippen molar-refractivity contribution in [2.45, 2.75) is 39.2 Å². The average molecular weight is 351 g/mol. The van der Waals surface area contributed by atoms with Crippen LogP contribution in [0.5, 0.6) is 0 Å². The Balaban J connectivity index is 1.69. The second-order valence-electron chi connectivity index (χ2n) is 6.79. The molecule has 0 amide bonds. The van der Waals surface area contributed by atoms with E-state index in [-0.39, 0.29) is 18.9 Å². The van der Waals surface area contributed by atoms with Crippen LogP contribution in [0.25, 0.3) is 11.5 Å². The zero-order chi connectivity index (χ0) is 18.3. The molecule has 2 N–H and O–H groups in total. The fourth-order valence-corrected chi connectivity index (χ4v) is 3.34. The zero-order valence-corrected chi connectivity index (χ0v) is 14.9. The van der Waals surface area contributed by atoms with Crippen LogP contribution in [-0.4, -0.2) is 42.7 Å². The molecule has 4 rings (SSSR count). The van der Waals surface area contributed by atoms with E-state index >= 15 is 0 Å². The molecule has 0 atom stereocenters. The minimum atomic E-state index is -0.0559. The van der Waals surface area contributed by atoms with Gasteiger partial charge >= 0.3 is 0 Å². The molecule has 0 aliphatic heterocycles. The fourth-order valence-electron chi connectivity index (χ4n) is 3.34. The summed E-state index contributed by atoms with van der Waals surface area (Å²) in [5.41, 5.74) is 4.91. The molecular formula is C19H21N5O2. The molecule has 0 saturated heterocycles. The van der Waals surface area contributed by atoms with Crippen molar-refractivity contribution in [3.05, 3.63) is 52.2 Å². The van der Waals surface area contributed by atoms with Crippen LogP contribution >= 0.6 is 0 Å².